The molecule has 0 aromatic heterocycles. The van der Waals surface area contributed by atoms with Gasteiger partial charge in [0.25, 0.3) is 0 Å². The monoisotopic (exact) mass is 164 g/mol. The lowest BCUT2D eigenvalue weighted by Crippen LogP contribution is -2.09. The molecule has 0 fully saturated rings. The molecule has 1 atom stereocenters. The quantitative estimate of drug-likeness (QED) is 0.672. The average Bonchev–Trinajstić information content (AvgIpc) is 2.06. The molecule has 0 aliphatic rings. The van der Waals surface area contributed by atoms with Crippen LogP contribution in [0.15, 0.2) is 24.3 Å². The van der Waals surface area contributed by atoms with Crippen LogP contribution in [0.5, 0.6) is 0 Å². The Bertz CT molecular complexity index is 228. The first-order chi connectivity index (χ1) is 5.74. The molecule has 1 aromatic rings. The standard InChI is InChI=1S/C10H16N2/c1-2-3-10(12)8-4-6-9(11)7-5-8/h4-7,10H,2-3,11-12H2,1H3/t10-/m1/s1. The molecule has 0 spiro atoms. The first-order valence-electron chi connectivity index (χ1n) is 4.35. The van der Waals surface area contributed by atoms with Crippen molar-refractivity contribution < 1.29 is 0 Å². The highest BCUT2D eigenvalue weighted by atomic mass is 14.6. The number of hydrogen-bond acceptors (Lipinski definition) is 2. The van der Waals surface area contributed by atoms with Crippen LogP contribution in [0.1, 0.15) is 31.4 Å². The van der Waals surface area contributed by atoms with Gasteiger partial charge in [-0.25, -0.2) is 0 Å². The van der Waals surface area contributed by atoms with Gasteiger partial charge in [-0.1, -0.05) is 25.5 Å². The summed E-state index contributed by atoms with van der Waals surface area (Å²) in [5, 5.41) is 0. The second kappa shape index (κ2) is 4.12. The summed E-state index contributed by atoms with van der Waals surface area (Å²) in [7, 11) is 0. The summed E-state index contributed by atoms with van der Waals surface area (Å²) < 4.78 is 0. The van der Waals surface area contributed by atoms with Gasteiger partial charge in [0.05, 0.1) is 0 Å². The van der Waals surface area contributed by atoms with Crippen molar-refractivity contribution in [2.75, 3.05) is 5.73 Å². The van der Waals surface area contributed by atoms with E-state index in [9.17, 15) is 0 Å². The summed E-state index contributed by atoms with van der Waals surface area (Å²) in [5.41, 5.74) is 13.4. The fraction of sp³-hybridized carbons (Fsp3) is 0.400. The SMILES string of the molecule is CCC[C@@H](N)c1ccc(N)cc1. The van der Waals surface area contributed by atoms with Crippen molar-refractivity contribution >= 4 is 5.69 Å². The number of hydrogen-bond donors (Lipinski definition) is 2. The number of nitrogens with two attached hydrogens (primary N) is 2. The van der Waals surface area contributed by atoms with Gasteiger partial charge in [0, 0.05) is 11.7 Å². The molecule has 0 saturated heterocycles. The van der Waals surface area contributed by atoms with Crippen molar-refractivity contribution in [2.24, 2.45) is 5.73 Å². The van der Waals surface area contributed by atoms with Crippen LogP contribution >= 0.6 is 0 Å². The van der Waals surface area contributed by atoms with Crippen LogP contribution in [0.4, 0.5) is 5.69 Å². The molecule has 0 amide bonds. The van der Waals surface area contributed by atoms with Gasteiger partial charge in [-0.3, -0.25) is 0 Å². The van der Waals surface area contributed by atoms with Crippen LogP contribution in [0.25, 0.3) is 0 Å². The van der Waals surface area contributed by atoms with Crippen molar-refractivity contribution in [3.63, 3.8) is 0 Å². The van der Waals surface area contributed by atoms with Crippen LogP contribution in [0, 0.1) is 0 Å². The molecule has 12 heavy (non-hydrogen) atoms. The minimum absolute atomic E-state index is 0.163. The molecule has 0 radical (unpaired) electrons. The van der Waals surface area contributed by atoms with Gasteiger partial charge in [-0.2, -0.15) is 0 Å². The van der Waals surface area contributed by atoms with E-state index in [0.29, 0.717) is 0 Å². The van der Waals surface area contributed by atoms with Crippen LogP contribution in [0.3, 0.4) is 0 Å². The zero-order valence-electron chi connectivity index (χ0n) is 7.46. The Labute approximate surface area is 73.6 Å². The van der Waals surface area contributed by atoms with E-state index in [-0.39, 0.29) is 6.04 Å². The molecule has 2 nitrogen and oxygen atoms in total. The highest BCUT2D eigenvalue weighted by Crippen LogP contribution is 2.16. The Hall–Kier alpha value is -1.02. The first kappa shape index (κ1) is 9.07. The number of nitrogen functional groups attached to an aromatic ring is 1. The van der Waals surface area contributed by atoms with E-state index in [1.54, 1.807) is 0 Å². The molecule has 0 aliphatic carbocycles. The highest BCUT2D eigenvalue weighted by Gasteiger charge is 2.02. The Morgan fingerprint density at radius 3 is 2.33 bits per heavy atom. The molecule has 4 N–H and O–H groups in total. The maximum absolute atomic E-state index is 5.91. The van der Waals surface area contributed by atoms with Crippen molar-refractivity contribution in [3.8, 4) is 0 Å². The van der Waals surface area contributed by atoms with Crippen LogP contribution in [0.2, 0.25) is 0 Å². The molecular formula is C10H16N2. The van der Waals surface area contributed by atoms with Gasteiger partial charge in [0.15, 0.2) is 0 Å². The van der Waals surface area contributed by atoms with E-state index in [0.717, 1.165) is 18.5 Å². The third-order valence-electron chi connectivity index (χ3n) is 1.96. The van der Waals surface area contributed by atoms with Crippen molar-refractivity contribution in [3.05, 3.63) is 29.8 Å². The Morgan fingerprint density at radius 1 is 1.25 bits per heavy atom. The summed E-state index contributed by atoms with van der Waals surface area (Å²) in [6.07, 6.45) is 2.15. The summed E-state index contributed by atoms with van der Waals surface area (Å²) in [4.78, 5) is 0. The lowest BCUT2D eigenvalue weighted by Gasteiger charge is -2.10. The minimum atomic E-state index is 0.163. The third kappa shape index (κ3) is 2.24. The Balaban J connectivity index is 2.68. The van der Waals surface area contributed by atoms with E-state index in [1.165, 1.54) is 5.56 Å². The third-order valence-corrected chi connectivity index (χ3v) is 1.96. The van der Waals surface area contributed by atoms with Gasteiger partial charge in [-0.05, 0) is 24.1 Å². The van der Waals surface area contributed by atoms with Crippen molar-refractivity contribution in [1.82, 2.24) is 0 Å². The topological polar surface area (TPSA) is 52.0 Å². The maximum Gasteiger partial charge on any atom is 0.0314 e. The summed E-state index contributed by atoms with van der Waals surface area (Å²) in [6.45, 7) is 2.14. The molecule has 2 heteroatoms. The lowest BCUT2D eigenvalue weighted by atomic mass is 10.0. The molecule has 0 saturated carbocycles. The highest BCUT2D eigenvalue weighted by molar-refractivity contribution is 5.39. The van der Waals surface area contributed by atoms with Gasteiger partial charge in [0.2, 0.25) is 0 Å². The van der Waals surface area contributed by atoms with Gasteiger partial charge < -0.3 is 11.5 Å². The number of benzene rings is 1. The van der Waals surface area contributed by atoms with E-state index in [4.69, 9.17) is 11.5 Å². The van der Waals surface area contributed by atoms with Crippen LogP contribution < -0.4 is 11.5 Å². The number of anilines is 1. The second-order valence-corrected chi connectivity index (χ2v) is 3.06. The summed E-state index contributed by atoms with van der Waals surface area (Å²) >= 11 is 0. The molecule has 0 bridgehead atoms. The first-order valence-corrected chi connectivity index (χ1v) is 4.35. The molecular weight excluding hydrogens is 148 g/mol. The van der Waals surface area contributed by atoms with Gasteiger partial charge >= 0.3 is 0 Å². The zero-order valence-corrected chi connectivity index (χ0v) is 7.46. The average molecular weight is 164 g/mol. The summed E-state index contributed by atoms with van der Waals surface area (Å²) in [5.74, 6) is 0. The predicted molar refractivity (Wildman–Crippen MR) is 52.7 cm³/mol. The molecule has 0 aliphatic heterocycles. The van der Waals surface area contributed by atoms with E-state index < -0.39 is 0 Å². The van der Waals surface area contributed by atoms with Crippen molar-refractivity contribution in [1.29, 1.82) is 0 Å². The summed E-state index contributed by atoms with van der Waals surface area (Å²) in [6, 6.07) is 7.94. The molecule has 0 heterocycles. The largest absolute Gasteiger partial charge is 0.399 e. The van der Waals surface area contributed by atoms with E-state index in [1.807, 2.05) is 24.3 Å². The Morgan fingerprint density at radius 2 is 1.83 bits per heavy atom. The fourth-order valence-electron chi connectivity index (χ4n) is 1.22. The lowest BCUT2D eigenvalue weighted by molar-refractivity contribution is 0.638. The normalized spacial score (nSPS) is 12.8. The molecule has 1 rings (SSSR count). The smallest absolute Gasteiger partial charge is 0.0314 e. The van der Waals surface area contributed by atoms with Crippen LogP contribution in [-0.2, 0) is 0 Å². The molecule has 0 unspecified atom stereocenters. The van der Waals surface area contributed by atoms with Gasteiger partial charge in [-0.15, -0.1) is 0 Å². The van der Waals surface area contributed by atoms with Crippen LogP contribution in [-0.4, -0.2) is 0 Å². The molecule has 1 aromatic carbocycles. The number of rotatable bonds is 3. The second-order valence-electron chi connectivity index (χ2n) is 3.06. The minimum Gasteiger partial charge on any atom is -0.399 e. The zero-order chi connectivity index (χ0) is 8.97. The van der Waals surface area contributed by atoms with Gasteiger partial charge in [0.1, 0.15) is 0 Å². The van der Waals surface area contributed by atoms with E-state index >= 15 is 0 Å². The molecule has 66 valence electrons. The maximum atomic E-state index is 5.91. The van der Waals surface area contributed by atoms with Crippen molar-refractivity contribution in [2.45, 2.75) is 25.8 Å². The van der Waals surface area contributed by atoms with E-state index in [2.05, 4.69) is 6.92 Å². The fourth-order valence-corrected chi connectivity index (χ4v) is 1.22. The predicted octanol–water partition coefficient (Wildman–Crippen LogP) is 2.07. The Kier molecular flexibility index (Phi) is 3.11.